The Morgan fingerprint density at radius 1 is 1.50 bits per heavy atom. The van der Waals surface area contributed by atoms with Crippen LogP contribution in [0.1, 0.15) is 6.42 Å². The summed E-state index contributed by atoms with van der Waals surface area (Å²) in [6.07, 6.45) is -0.310. The fraction of sp³-hybridized carbons (Fsp3) is 0.500. The molecule has 0 saturated carbocycles. The monoisotopic (exact) mass is 168 g/mol. The van der Waals surface area contributed by atoms with Gasteiger partial charge in [-0.05, 0) is 0 Å². The SMILES string of the molecule is Cl.NC(=O)C[C@@H](N)C(=O)O. The van der Waals surface area contributed by atoms with E-state index >= 15 is 0 Å². The lowest BCUT2D eigenvalue weighted by Crippen LogP contribution is -2.34. The molecule has 0 heterocycles. The van der Waals surface area contributed by atoms with Gasteiger partial charge in [0.2, 0.25) is 5.91 Å². The van der Waals surface area contributed by atoms with Crippen molar-refractivity contribution in [1.82, 2.24) is 0 Å². The molecule has 5 N–H and O–H groups in total. The van der Waals surface area contributed by atoms with Gasteiger partial charge in [0.15, 0.2) is 0 Å². The molecule has 0 aliphatic carbocycles. The van der Waals surface area contributed by atoms with E-state index in [0.29, 0.717) is 0 Å². The normalized spacial score (nSPS) is 11.3. The third-order valence-corrected chi connectivity index (χ3v) is 0.738. The zero-order valence-corrected chi connectivity index (χ0v) is 5.93. The van der Waals surface area contributed by atoms with E-state index in [0.717, 1.165) is 0 Å². The molecule has 1 amide bonds. The highest BCUT2D eigenvalue weighted by atomic mass is 35.5. The van der Waals surface area contributed by atoms with Crippen molar-refractivity contribution in [2.24, 2.45) is 11.5 Å². The summed E-state index contributed by atoms with van der Waals surface area (Å²) >= 11 is 0. The van der Waals surface area contributed by atoms with Gasteiger partial charge in [-0.25, -0.2) is 0 Å². The van der Waals surface area contributed by atoms with E-state index < -0.39 is 17.9 Å². The maximum absolute atomic E-state index is 9.99. The molecule has 0 aromatic heterocycles. The molecule has 60 valence electrons. The highest BCUT2D eigenvalue weighted by Gasteiger charge is 2.13. The van der Waals surface area contributed by atoms with Crippen molar-refractivity contribution in [1.29, 1.82) is 0 Å². The molecule has 0 rings (SSSR count). The third-order valence-electron chi connectivity index (χ3n) is 0.738. The van der Waals surface area contributed by atoms with Crippen LogP contribution in [0, 0.1) is 0 Å². The summed E-state index contributed by atoms with van der Waals surface area (Å²) in [5.41, 5.74) is 9.57. The largest absolute Gasteiger partial charge is 0.480 e. The van der Waals surface area contributed by atoms with Crippen molar-refractivity contribution in [2.45, 2.75) is 12.5 Å². The van der Waals surface area contributed by atoms with Crippen LogP contribution < -0.4 is 11.5 Å². The van der Waals surface area contributed by atoms with E-state index in [9.17, 15) is 9.59 Å². The molecular formula is C4H9ClN2O3. The van der Waals surface area contributed by atoms with Crippen molar-refractivity contribution < 1.29 is 14.7 Å². The first-order valence-electron chi connectivity index (χ1n) is 2.30. The number of rotatable bonds is 3. The molecule has 0 aliphatic rings. The average molecular weight is 169 g/mol. The Bertz CT molecular complexity index is 138. The molecule has 10 heavy (non-hydrogen) atoms. The number of hydrogen-bond donors (Lipinski definition) is 3. The van der Waals surface area contributed by atoms with Gasteiger partial charge in [-0.3, -0.25) is 9.59 Å². The topological polar surface area (TPSA) is 106 Å². The van der Waals surface area contributed by atoms with Crippen molar-refractivity contribution in [3.63, 3.8) is 0 Å². The fourth-order valence-corrected chi connectivity index (χ4v) is 0.304. The molecule has 0 radical (unpaired) electrons. The Kier molecular flexibility index (Phi) is 5.98. The summed E-state index contributed by atoms with van der Waals surface area (Å²) in [5.74, 6) is -1.92. The number of primary amides is 1. The number of carbonyl (C=O) groups excluding carboxylic acids is 1. The summed E-state index contributed by atoms with van der Waals surface area (Å²) in [4.78, 5) is 19.9. The van der Waals surface area contributed by atoms with Gasteiger partial charge in [-0.1, -0.05) is 0 Å². The summed E-state index contributed by atoms with van der Waals surface area (Å²) in [6.45, 7) is 0. The zero-order chi connectivity index (χ0) is 7.44. The van der Waals surface area contributed by atoms with Crippen LogP contribution in [0.4, 0.5) is 0 Å². The summed E-state index contributed by atoms with van der Waals surface area (Å²) in [5, 5.41) is 8.10. The fourth-order valence-electron chi connectivity index (χ4n) is 0.304. The van der Waals surface area contributed by atoms with Gasteiger partial charge in [0.25, 0.3) is 0 Å². The van der Waals surface area contributed by atoms with Crippen LogP contribution in [0.2, 0.25) is 0 Å². The maximum atomic E-state index is 9.99. The molecule has 1 atom stereocenters. The Morgan fingerprint density at radius 2 is 1.90 bits per heavy atom. The molecule has 6 heteroatoms. The Balaban J connectivity index is 0. The van der Waals surface area contributed by atoms with Crippen LogP contribution in [0.15, 0.2) is 0 Å². The van der Waals surface area contributed by atoms with Crippen molar-refractivity contribution in [3.05, 3.63) is 0 Å². The van der Waals surface area contributed by atoms with Gasteiger partial charge in [0.1, 0.15) is 6.04 Å². The number of carboxylic acids is 1. The van der Waals surface area contributed by atoms with Gasteiger partial charge in [0.05, 0.1) is 6.42 Å². The van der Waals surface area contributed by atoms with E-state index in [-0.39, 0.29) is 18.8 Å². The first-order chi connectivity index (χ1) is 4.04. The minimum atomic E-state index is -1.21. The lowest BCUT2D eigenvalue weighted by atomic mass is 10.2. The third kappa shape index (κ3) is 5.33. The molecule has 0 unspecified atom stereocenters. The van der Waals surface area contributed by atoms with E-state index in [2.05, 4.69) is 5.73 Å². The number of halogens is 1. The standard InChI is InChI=1S/C4H8N2O3.ClH/c5-2(4(8)9)1-3(6)7;/h2H,1,5H2,(H2,6,7)(H,8,9);1H/t2-;/m1./s1. The molecule has 0 aromatic carbocycles. The second-order valence-corrected chi connectivity index (χ2v) is 1.62. The van der Waals surface area contributed by atoms with Crippen LogP contribution >= 0.6 is 12.4 Å². The van der Waals surface area contributed by atoms with Gasteiger partial charge in [-0.15, -0.1) is 12.4 Å². The van der Waals surface area contributed by atoms with Crippen molar-refractivity contribution in [2.75, 3.05) is 0 Å². The molecule has 0 bridgehead atoms. The lowest BCUT2D eigenvalue weighted by molar-refractivity contribution is -0.140. The molecule has 0 fully saturated rings. The Morgan fingerprint density at radius 3 is 2.00 bits per heavy atom. The summed E-state index contributed by atoms with van der Waals surface area (Å²) in [7, 11) is 0. The maximum Gasteiger partial charge on any atom is 0.321 e. The van der Waals surface area contributed by atoms with Gasteiger partial charge < -0.3 is 16.6 Å². The first-order valence-corrected chi connectivity index (χ1v) is 2.30. The van der Waals surface area contributed by atoms with Gasteiger partial charge in [0, 0.05) is 0 Å². The van der Waals surface area contributed by atoms with E-state index in [4.69, 9.17) is 10.8 Å². The van der Waals surface area contributed by atoms with Crippen LogP contribution in [-0.4, -0.2) is 23.0 Å². The summed E-state index contributed by atoms with van der Waals surface area (Å²) < 4.78 is 0. The lowest BCUT2D eigenvalue weighted by Gasteiger charge is -1.99. The molecule has 0 saturated heterocycles. The van der Waals surface area contributed by atoms with E-state index in [1.54, 1.807) is 0 Å². The molecule has 0 aromatic rings. The quantitative estimate of drug-likeness (QED) is 0.487. The highest BCUT2D eigenvalue weighted by Crippen LogP contribution is 1.84. The molecule has 5 nitrogen and oxygen atoms in total. The van der Waals surface area contributed by atoms with Crippen LogP contribution in [-0.2, 0) is 9.59 Å². The molecular weight excluding hydrogens is 160 g/mol. The average Bonchev–Trinajstić information content (AvgIpc) is 1.63. The van der Waals surface area contributed by atoms with Crippen molar-refractivity contribution >= 4 is 24.3 Å². The Hall–Kier alpha value is -0.810. The van der Waals surface area contributed by atoms with E-state index in [1.165, 1.54) is 0 Å². The van der Waals surface area contributed by atoms with Gasteiger partial charge in [-0.2, -0.15) is 0 Å². The molecule has 0 spiro atoms. The highest BCUT2D eigenvalue weighted by molar-refractivity contribution is 5.85. The van der Waals surface area contributed by atoms with Crippen LogP contribution in [0.5, 0.6) is 0 Å². The van der Waals surface area contributed by atoms with Crippen LogP contribution in [0.3, 0.4) is 0 Å². The number of carboxylic acid groups (broad SMARTS) is 1. The number of carbonyl (C=O) groups is 2. The number of aliphatic carboxylic acids is 1. The second-order valence-electron chi connectivity index (χ2n) is 1.62. The second kappa shape index (κ2) is 5.01. The number of amides is 1. The smallest absolute Gasteiger partial charge is 0.321 e. The minimum Gasteiger partial charge on any atom is -0.480 e. The number of hydrogen-bond acceptors (Lipinski definition) is 3. The first kappa shape index (κ1) is 11.9. The van der Waals surface area contributed by atoms with E-state index in [1.807, 2.05) is 0 Å². The summed E-state index contributed by atoms with van der Waals surface area (Å²) in [6, 6.07) is -1.16. The molecule has 0 aliphatic heterocycles. The van der Waals surface area contributed by atoms with Crippen LogP contribution in [0.25, 0.3) is 0 Å². The van der Waals surface area contributed by atoms with Crippen molar-refractivity contribution in [3.8, 4) is 0 Å². The predicted octanol–water partition coefficient (Wildman–Crippen LogP) is -1.30. The number of nitrogens with two attached hydrogens (primary N) is 2. The van der Waals surface area contributed by atoms with Gasteiger partial charge >= 0.3 is 5.97 Å². The Labute approximate surface area is 63.8 Å². The minimum absolute atomic E-state index is 0. The zero-order valence-electron chi connectivity index (χ0n) is 5.11. The predicted molar refractivity (Wildman–Crippen MR) is 36.7 cm³/mol.